The van der Waals surface area contributed by atoms with E-state index in [1.807, 2.05) is 0 Å². The lowest BCUT2D eigenvalue weighted by Gasteiger charge is -2.30. The Morgan fingerprint density at radius 3 is 2.41 bits per heavy atom. The van der Waals surface area contributed by atoms with Crippen LogP contribution in [0.4, 0.5) is 0 Å². The standard InChI is InChI=1S/C24H34N2O/c1-6-26(7-2)12-13-27-21-8-9-22-20(16-21)10-11-25-24(22)23-18(4)14-17(3)15-19(23)5/h8-9,14-16,24-25H,6-7,10-13H2,1-5H3. The van der Waals surface area contributed by atoms with Crippen molar-refractivity contribution in [2.24, 2.45) is 0 Å². The second kappa shape index (κ2) is 8.90. The van der Waals surface area contributed by atoms with Crippen molar-refractivity contribution in [2.75, 3.05) is 32.8 Å². The van der Waals surface area contributed by atoms with Gasteiger partial charge in [-0.2, -0.15) is 0 Å². The van der Waals surface area contributed by atoms with E-state index in [1.54, 1.807) is 0 Å². The fourth-order valence-corrected chi connectivity index (χ4v) is 4.37. The van der Waals surface area contributed by atoms with Gasteiger partial charge in [-0.3, -0.25) is 0 Å². The molecule has 1 unspecified atom stereocenters. The SMILES string of the molecule is CCN(CC)CCOc1ccc2c(c1)CCNC2c1c(C)cc(C)cc1C. The van der Waals surface area contributed by atoms with Gasteiger partial charge in [0, 0.05) is 13.1 Å². The van der Waals surface area contributed by atoms with Crippen LogP contribution in [0.2, 0.25) is 0 Å². The van der Waals surface area contributed by atoms with Gasteiger partial charge in [0.05, 0.1) is 6.04 Å². The van der Waals surface area contributed by atoms with Crippen LogP contribution < -0.4 is 10.1 Å². The van der Waals surface area contributed by atoms with Crippen LogP contribution in [0.5, 0.6) is 5.75 Å². The quantitative estimate of drug-likeness (QED) is 0.777. The molecule has 1 heterocycles. The minimum absolute atomic E-state index is 0.277. The van der Waals surface area contributed by atoms with Gasteiger partial charge in [-0.05, 0) is 80.2 Å². The number of benzene rings is 2. The molecule has 1 aliphatic heterocycles. The van der Waals surface area contributed by atoms with Gasteiger partial charge in [0.25, 0.3) is 0 Å². The fourth-order valence-electron chi connectivity index (χ4n) is 4.37. The summed E-state index contributed by atoms with van der Waals surface area (Å²) in [5.74, 6) is 0.999. The van der Waals surface area contributed by atoms with Crippen LogP contribution in [0.25, 0.3) is 0 Å². The number of rotatable bonds is 7. The predicted molar refractivity (Wildman–Crippen MR) is 114 cm³/mol. The molecule has 1 aliphatic rings. The lowest BCUT2D eigenvalue weighted by Crippen LogP contribution is -2.31. The Morgan fingerprint density at radius 1 is 1.04 bits per heavy atom. The Hall–Kier alpha value is -1.84. The molecule has 0 aliphatic carbocycles. The summed E-state index contributed by atoms with van der Waals surface area (Å²) in [5.41, 5.74) is 8.32. The smallest absolute Gasteiger partial charge is 0.119 e. The molecule has 2 aromatic carbocycles. The van der Waals surface area contributed by atoms with Gasteiger partial charge in [0.1, 0.15) is 12.4 Å². The maximum Gasteiger partial charge on any atom is 0.119 e. The maximum atomic E-state index is 6.05. The van der Waals surface area contributed by atoms with Crippen molar-refractivity contribution < 1.29 is 4.74 Å². The highest BCUT2D eigenvalue weighted by atomic mass is 16.5. The third-order valence-corrected chi connectivity index (χ3v) is 5.77. The number of nitrogens with one attached hydrogen (secondary N) is 1. The molecule has 3 nitrogen and oxygen atoms in total. The average molecular weight is 367 g/mol. The van der Waals surface area contributed by atoms with Crippen molar-refractivity contribution in [3.63, 3.8) is 0 Å². The average Bonchev–Trinajstić information content (AvgIpc) is 2.64. The monoisotopic (exact) mass is 366 g/mol. The molecule has 0 amide bonds. The van der Waals surface area contributed by atoms with Gasteiger partial charge < -0.3 is 15.0 Å². The van der Waals surface area contributed by atoms with Gasteiger partial charge >= 0.3 is 0 Å². The molecule has 0 bridgehead atoms. The number of ether oxygens (including phenoxy) is 1. The molecular formula is C24H34N2O. The number of nitrogens with zero attached hydrogens (tertiary/aromatic N) is 1. The van der Waals surface area contributed by atoms with Crippen molar-refractivity contribution in [1.82, 2.24) is 10.2 Å². The first-order valence-corrected chi connectivity index (χ1v) is 10.3. The second-order valence-electron chi connectivity index (χ2n) is 7.69. The van der Waals surface area contributed by atoms with Gasteiger partial charge in [-0.25, -0.2) is 0 Å². The van der Waals surface area contributed by atoms with E-state index in [4.69, 9.17) is 4.74 Å². The van der Waals surface area contributed by atoms with E-state index in [1.165, 1.54) is 33.4 Å². The van der Waals surface area contributed by atoms with Crippen LogP contribution in [0, 0.1) is 20.8 Å². The first-order valence-electron chi connectivity index (χ1n) is 10.3. The van der Waals surface area contributed by atoms with E-state index in [9.17, 15) is 0 Å². The molecule has 0 radical (unpaired) electrons. The van der Waals surface area contributed by atoms with E-state index in [0.29, 0.717) is 0 Å². The number of fused-ring (bicyclic) bond motifs is 1. The van der Waals surface area contributed by atoms with E-state index >= 15 is 0 Å². The second-order valence-corrected chi connectivity index (χ2v) is 7.69. The zero-order chi connectivity index (χ0) is 19.4. The van der Waals surface area contributed by atoms with Crippen molar-refractivity contribution >= 4 is 0 Å². The largest absolute Gasteiger partial charge is 0.492 e. The summed E-state index contributed by atoms with van der Waals surface area (Å²) in [6.07, 6.45) is 1.06. The summed E-state index contributed by atoms with van der Waals surface area (Å²) in [6, 6.07) is 11.5. The van der Waals surface area contributed by atoms with Crippen molar-refractivity contribution in [2.45, 2.75) is 47.1 Å². The van der Waals surface area contributed by atoms with Crippen LogP contribution in [0.3, 0.4) is 0 Å². The van der Waals surface area contributed by atoms with Gasteiger partial charge in [0.15, 0.2) is 0 Å². The lowest BCUT2D eigenvalue weighted by atomic mass is 9.85. The highest BCUT2D eigenvalue weighted by Crippen LogP contribution is 2.34. The topological polar surface area (TPSA) is 24.5 Å². The molecule has 146 valence electrons. The summed E-state index contributed by atoms with van der Waals surface area (Å²) < 4.78 is 6.05. The molecule has 0 saturated heterocycles. The van der Waals surface area contributed by atoms with Gasteiger partial charge in [0.2, 0.25) is 0 Å². The molecular weight excluding hydrogens is 332 g/mol. The van der Waals surface area contributed by atoms with Gasteiger partial charge in [-0.1, -0.05) is 37.6 Å². The molecule has 3 rings (SSSR count). The van der Waals surface area contributed by atoms with Crippen LogP contribution >= 0.6 is 0 Å². The highest BCUT2D eigenvalue weighted by Gasteiger charge is 2.24. The number of hydrogen-bond donors (Lipinski definition) is 1. The zero-order valence-electron chi connectivity index (χ0n) is 17.6. The minimum atomic E-state index is 0.277. The Kier molecular flexibility index (Phi) is 6.56. The molecule has 1 N–H and O–H groups in total. The fraction of sp³-hybridized carbons (Fsp3) is 0.500. The van der Waals surface area contributed by atoms with Crippen LogP contribution in [0.15, 0.2) is 30.3 Å². The van der Waals surface area contributed by atoms with E-state index in [0.717, 1.165) is 45.0 Å². The van der Waals surface area contributed by atoms with Crippen molar-refractivity contribution in [3.8, 4) is 5.75 Å². The lowest BCUT2D eigenvalue weighted by molar-refractivity contribution is 0.222. The molecule has 0 aromatic heterocycles. The first kappa shape index (κ1) is 19.9. The summed E-state index contributed by atoms with van der Waals surface area (Å²) in [7, 11) is 0. The molecule has 0 saturated carbocycles. The van der Waals surface area contributed by atoms with E-state index in [2.05, 4.69) is 75.2 Å². The third-order valence-electron chi connectivity index (χ3n) is 5.77. The summed E-state index contributed by atoms with van der Waals surface area (Å²) >= 11 is 0. The number of likely N-dealkylation sites (N-methyl/N-ethyl adjacent to an activating group) is 1. The van der Waals surface area contributed by atoms with Gasteiger partial charge in [-0.15, -0.1) is 0 Å². The molecule has 1 atom stereocenters. The molecule has 2 aromatic rings. The van der Waals surface area contributed by atoms with Crippen LogP contribution in [0.1, 0.15) is 53.3 Å². The summed E-state index contributed by atoms with van der Waals surface area (Å²) in [4.78, 5) is 2.39. The normalized spacial score (nSPS) is 16.4. The van der Waals surface area contributed by atoms with Crippen LogP contribution in [-0.4, -0.2) is 37.7 Å². The number of hydrogen-bond acceptors (Lipinski definition) is 3. The number of aryl methyl sites for hydroxylation is 3. The Bertz CT molecular complexity index is 757. The van der Waals surface area contributed by atoms with E-state index < -0.39 is 0 Å². The highest BCUT2D eigenvalue weighted by molar-refractivity contribution is 5.49. The Labute approximate surface area is 164 Å². The molecule has 27 heavy (non-hydrogen) atoms. The first-order chi connectivity index (χ1) is 13.0. The molecule has 3 heteroatoms. The Balaban J connectivity index is 1.79. The molecule has 0 fully saturated rings. The predicted octanol–water partition coefficient (Wildman–Crippen LogP) is 4.57. The van der Waals surface area contributed by atoms with Crippen molar-refractivity contribution in [1.29, 1.82) is 0 Å². The van der Waals surface area contributed by atoms with Crippen molar-refractivity contribution in [3.05, 3.63) is 63.7 Å². The third kappa shape index (κ3) is 4.53. The summed E-state index contributed by atoms with van der Waals surface area (Å²) in [5, 5.41) is 3.74. The molecule has 0 spiro atoms. The summed E-state index contributed by atoms with van der Waals surface area (Å²) in [6.45, 7) is 15.9. The zero-order valence-corrected chi connectivity index (χ0v) is 17.6. The maximum absolute atomic E-state index is 6.05. The van der Waals surface area contributed by atoms with E-state index in [-0.39, 0.29) is 6.04 Å². The Morgan fingerprint density at radius 2 is 1.74 bits per heavy atom. The van der Waals surface area contributed by atoms with Crippen LogP contribution in [-0.2, 0) is 6.42 Å². The minimum Gasteiger partial charge on any atom is -0.492 e.